The summed E-state index contributed by atoms with van der Waals surface area (Å²) in [7, 11) is 0. The maximum atomic E-state index is 5.53. The van der Waals surface area contributed by atoms with E-state index < -0.39 is 0 Å². The maximum absolute atomic E-state index is 5.53. The zero-order valence-electron chi connectivity index (χ0n) is 9.60. The Morgan fingerprint density at radius 3 is 2.76 bits per heavy atom. The molecule has 0 fully saturated rings. The average molecular weight is 232 g/mol. The van der Waals surface area contributed by atoms with E-state index in [-0.39, 0.29) is 0 Å². The standard InChI is InChI=1S/C12H16N4O/c13-7-4-8-14-9-11-15-16-12(17-11)10-5-2-1-3-6-10/h1-3,5-6,14H,4,7-9,13H2. The molecule has 0 atom stereocenters. The van der Waals surface area contributed by atoms with Crippen LogP contribution in [-0.4, -0.2) is 23.3 Å². The Kier molecular flexibility index (Phi) is 4.23. The van der Waals surface area contributed by atoms with Crippen LogP contribution >= 0.6 is 0 Å². The van der Waals surface area contributed by atoms with Gasteiger partial charge in [-0.15, -0.1) is 10.2 Å². The summed E-state index contributed by atoms with van der Waals surface area (Å²) in [5.74, 6) is 1.15. The highest BCUT2D eigenvalue weighted by Gasteiger charge is 2.06. The lowest BCUT2D eigenvalue weighted by molar-refractivity contribution is 0.476. The van der Waals surface area contributed by atoms with Crippen LogP contribution < -0.4 is 11.1 Å². The summed E-state index contributed by atoms with van der Waals surface area (Å²) in [6.45, 7) is 2.13. The third kappa shape index (κ3) is 3.37. The lowest BCUT2D eigenvalue weighted by Gasteiger charge is -1.98. The summed E-state index contributed by atoms with van der Waals surface area (Å²) < 4.78 is 5.53. The molecular formula is C12H16N4O. The molecule has 0 bridgehead atoms. The van der Waals surface area contributed by atoms with Crippen LogP contribution in [-0.2, 0) is 6.54 Å². The quantitative estimate of drug-likeness (QED) is 0.731. The molecule has 1 aromatic heterocycles. The first-order valence-electron chi connectivity index (χ1n) is 5.69. The van der Waals surface area contributed by atoms with Crippen molar-refractivity contribution in [3.05, 3.63) is 36.2 Å². The largest absolute Gasteiger partial charge is 0.419 e. The minimum absolute atomic E-state index is 0.557. The summed E-state index contributed by atoms with van der Waals surface area (Å²) >= 11 is 0. The molecule has 0 saturated carbocycles. The van der Waals surface area contributed by atoms with E-state index in [0.717, 1.165) is 18.5 Å². The SMILES string of the molecule is NCCCNCc1nnc(-c2ccccc2)o1. The molecule has 0 radical (unpaired) electrons. The predicted octanol–water partition coefficient (Wildman–Crippen LogP) is 1.17. The highest BCUT2D eigenvalue weighted by molar-refractivity contribution is 5.51. The molecule has 5 nitrogen and oxygen atoms in total. The fraction of sp³-hybridized carbons (Fsp3) is 0.333. The summed E-state index contributed by atoms with van der Waals surface area (Å²) in [5, 5.41) is 11.2. The Morgan fingerprint density at radius 1 is 1.18 bits per heavy atom. The summed E-state index contributed by atoms with van der Waals surface area (Å²) in [4.78, 5) is 0. The Bertz CT molecular complexity index is 441. The van der Waals surface area contributed by atoms with Gasteiger partial charge in [0.15, 0.2) is 0 Å². The molecule has 2 rings (SSSR count). The molecule has 0 aliphatic rings. The lowest BCUT2D eigenvalue weighted by Crippen LogP contribution is -2.17. The second-order valence-corrected chi connectivity index (χ2v) is 3.69. The minimum Gasteiger partial charge on any atom is -0.419 e. The maximum Gasteiger partial charge on any atom is 0.247 e. The fourth-order valence-corrected chi connectivity index (χ4v) is 1.44. The van der Waals surface area contributed by atoms with Crippen LogP contribution in [0.3, 0.4) is 0 Å². The highest BCUT2D eigenvalue weighted by atomic mass is 16.4. The summed E-state index contributed by atoms with van der Waals surface area (Å²) in [5.41, 5.74) is 6.33. The number of nitrogens with one attached hydrogen (secondary N) is 1. The van der Waals surface area contributed by atoms with Gasteiger partial charge in [0.2, 0.25) is 11.8 Å². The van der Waals surface area contributed by atoms with Crippen molar-refractivity contribution in [2.45, 2.75) is 13.0 Å². The van der Waals surface area contributed by atoms with Crippen LogP contribution in [0.25, 0.3) is 11.5 Å². The van der Waals surface area contributed by atoms with Crippen molar-refractivity contribution in [1.29, 1.82) is 0 Å². The number of hydrogen-bond donors (Lipinski definition) is 2. The van der Waals surface area contributed by atoms with Crippen molar-refractivity contribution in [2.24, 2.45) is 5.73 Å². The number of rotatable bonds is 6. The van der Waals surface area contributed by atoms with E-state index in [9.17, 15) is 0 Å². The number of nitrogens with two attached hydrogens (primary N) is 1. The van der Waals surface area contributed by atoms with Gasteiger partial charge in [0, 0.05) is 5.56 Å². The van der Waals surface area contributed by atoms with Crippen molar-refractivity contribution >= 4 is 0 Å². The van der Waals surface area contributed by atoms with Crippen molar-refractivity contribution in [2.75, 3.05) is 13.1 Å². The van der Waals surface area contributed by atoms with Gasteiger partial charge in [0.1, 0.15) is 0 Å². The molecule has 2 aromatic rings. The zero-order chi connectivity index (χ0) is 11.9. The van der Waals surface area contributed by atoms with Crippen LogP contribution in [0, 0.1) is 0 Å². The van der Waals surface area contributed by atoms with Gasteiger partial charge in [0.05, 0.1) is 6.54 Å². The number of hydrogen-bond acceptors (Lipinski definition) is 5. The number of aromatic nitrogens is 2. The molecule has 0 aliphatic heterocycles. The summed E-state index contributed by atoms with van der Waals surface area (Å²) in [6.07, 6.45) is 0.944. The molecule has 0 unspecified atom stereocenters. The van der Waals surface area contributed by atoms with Gasteiger partial charge >= 0.3 is 0 Å². The van der Waals surface area contributed by atoms with Gasteiger partial charge < -0.3 is 15.5 Å². The van der Waals surface area contributed by atoms with Gasteiger partial charge in [-0.3, -0.25) is 0 Å². The Balaban J connectivity index is 1.92. The van der Waals surface area contributed by atoms with Gasteiger partial charge in [-0.05, 0) is 31.6 Å². The molecule has 0 spiro atoms. The summed E-state index contributed by atoms with van der Waals surface area (Å²) in [6, 6.07) is 9.73. The molecular weight excluding hydrogens is 216 g/mol. The molecule has 0 saturated heterocycles. The molecule has 17 heavy (non-hydrogen) atoms. The molecule has 0 aliphatic carbocycles. The van der Waals surface area contributed by atoms with Crippen LogP contribution in [0.1, 0.15) is 12.3 Å². The zero-order valence-corrected chi connectivity index (χ0v) is 9.60. The van der Waals surface area contributed by atoms with Gasteiger partial charge in [-0.1, -0.05) is 18.2 Å². The normalized spacial score (nSPS) is 10.6. The van der Waals surface area contributed by atoms with Crippen molar-refractivity contribution in [1.82, 2.24) is 15.5 Å². The lowest BCUT2D eigenvalue weighted by atomic mass is 10.2. The average Bonchev–Trinajstić information content (AvgIpc) is 2.85. The van der Waals surface area contributed by atoms with E-state index in [1.165, 1.54) is 0 Å². The van der Waals surface area contributed by atoms with Crippen molar-refractivity contribution < 1.29 is 4.42 Å². The Morgan fingerprint density at radius 2 is 2.00 bits per heavy atom. The number of benzene rings is 1. The second-order valence-electron chi connectivity index (χ2n) is 3.69. The third-order valence-corrected chi connectivity index (χ3v) is 2.32. The van der Waals surface area contributed by atoms with Crippen molar-refractivity contribution in [3.63, 3.8) is 0 Å². The smallest absolute Gasteiger partial charge is 0.247 e. The minimum atomic E-state index is 0.557. The highest BCUT2D eigenvalue weighted by Crippen LogP contribution is 2.16. The number of nitrogens with zero attached hydrogens (tertiary/aromatic N) is 2. The molecule has 1 aromatic carbocycles. The first-order valence-corrected chi connectivity index (χ1v) is 5.69. The molecule has 5 heteroatoms. The van der Waals surface area contributed by atoms with E-state index in [1.807, 2.05) is 30.3 Å². The van der Waals surface area contributed by atoms with Crippen LogP contribution in [0.5, 0.6) is 0 Å². The van der Waals surface area contributed by atoms with Gasteiger partial charge in [-0.2, -0.15) is 0 Å². The van der Waals surface area contributed by atoms with Crippen LogP contribution in [0.2, 0.25) is 0 Å². The predicted molar refractivity (Wildman–Crippen MR) is 65.1 cm³/mol. The Labute approximate surface area is 100 Å². The molecule has 0 amide bonds. The van der Waals surface area contributed by atoms with Crippen molar-refractivity contribution in [3.8, 4) is 11.5 Å². The van der Waals surface area contributed by atoms with E-state index in [0.29, 0.717) is 24.9 Å². The fourth-order valence-electron chi connectivity index (χ4n) is 1.44. The second kappa shape index (κ2) is 6.12. The topological polar surface area (TPSA) is 77.0 Å². The monoisotopic (exact) mass is 232 g/mol. The van der Waals surface area contributed by atoms with E-state index >= 15 is 0 Å². The van der Waals surface area contributed by atoms with Gasteiger partial charge in [0.25, 0.3) is 0 Å². The van der Waals surface area contributed by atoms with Gasteiger partial charge in [-0.25, -0.2) is 0 Å². The van der Waals surface area contributed by atoms with Crippen LogP contribution in [0.4, 0.5) is 0 Å². The third-order valence-electron chi connectivity index (χ3n) is 2.32. The first-order chi connectivity index (χ1) is 8.40. The first kappa shape index (κ1) is 11.8. The molecule has 3 N–H and O–H groups in total. The molecule has 90 valence electrons. The van der Waals surface area contributed by atoms with E-state index in [2.05, 4.69) is 15.5 Å². The molecule has 1 heterocycles. The van der Waals surface area contributed by atoms with Crippen LogP contribution in [0.15, 0.2) is 34.7 Å². The van der Waals surface area contributed by atoms with E-state index in [4.69, 9.17) is 10.2 Å². The Hall–Kier alpha value is -1.72. The van der Waals surface area contributed by atoms with E-state index in [1.54, 1.807) is 0 Å².